The highest BCUT2D eigenvalue weighted by Gasteiger charge is 2.16. The normalized spacial score (nSPS) is 12.8. The Balaban J connectivity index is 2.41. The highest BCUT2D eigenvalue weighted by atomic mass is 79.9. The molecule has 4 heteroatoms. The fourth-order valence-corrected chi connectivity index (χ4v) is 2.81. The van der Waals surface area contributed by atoms with Gasteiger partial charge in [0.1, 0.15) is 5.82 Å². The Hall–Kier alpha value is -0.710. The third kappa shape index (κ3) is 2.19. The van der Waals surface area contributed by atoms with Crippen LogP contribution in [0, 0.1) is 12.7 Å². The fraction of sp³-hybridized carbons (Fsp3) is 0.167. The molecule has 0 saturated heterocycles. The maximum atomic E-state index is 13.8. The van der Waals surface area contributed by atoms with Crippen molar-refractivity contribution in [3.05, 3.63) is 55.9 Å². The Kier molecular flexibility index (Phi) is 3.42. The van der Waals surface area contributed by atoms with Crippen molar-refractivity contribution in [1.82, 2.24) is 0 Å². The number of nitrogens with two attached hydrogens (primary N) is 1. The van der Waals surface area contributed by atoms with Gasteiger partial charge >= 0.3 is 0 Å². The third-order valence-electron chi connectivity index (χ3n) is 2.38. The van der Waals surface area contributed by atoms with Gasteiger partial charge in [-0.2, -0.15) is 0 Å². The van der Waals surface area contributed by atoms with E-state index in [9.17, 15) is 4.39 Å². The molecule has 0 aliphatic heterocycles. The maximum absolute atomic E-state index is 13.8. The average Bonchev–Trinajstić information content (AvgIpc) is 2.68. The van der Waals surface area contributed by atoms with Gasteiger partial charge in [0.25, 0.3) is 0 Å². The summed E-state index contributed by atoms with van der Waals surface area (Å²) in [5.74, 6) is -0.277. The van der Waals surface area contributed by atoms with Gasteiger partial charge in [-0.15, -0.1) is 11.3 Å². The van der Waals surface area contributed by atoms with E-state index in [-0.39, 0.29) is 5.82 Å². The van der Waals surface area contributed by atoms with Crippen molar-refractivity contribution in [2.75, 3.05) is 0 Å². The predicted molar refractivity (Wildman–Crippen MR) is 69.2 cm³/mol. The standard InChI is InChI=1S/C12H11BrFNS/c1-7-5-6-10(16-7)12(15)8-3-2-4-9(13)11(8)14/h2-6,12H,15H2,1H3. The Labute approximate surface area is 106 Å². The van der Waals surface area contributed by atoms with E-state index in [1.807, 2.05) is 19.1 Å². The van der Waals surface area contributed by atoms with Gasteiger partial charge in [0.15, 0.2) is 0 Å². The molecular formula is C12H11BrFNS. The molecule has 0 spiro atoms. The van der Waals surface area contributed by atoms with Crippen LogP contribution in [-0.4, -0.2) is 0 Å². The number of rotatable bonds is 2. The first-order chi connectivity index (χ1) is 7.59. The summed E-state index contributed by atoms with van der Waals surface area (Å²) in [7, 11) is 0. The second-order valence-electron chi connectivity index (χ2n) is 3.57. The van der Waals surface area contributed by atoms with Crippen molar-refractivity contribution in [3.63, 3.8) is 0 Å². The quantitative estimate of drug-likeness (QED) is 0.891. The van der Waals surface area contributed by atoms with Gasteiger partial charge in [-0.05, 0) is 41.1 Å². The van der Waals surface area contributed by atoms with Gasteiger partial charge in [-0.25, -0.2) is 4.39 Å². The zero-order valence-corrected chi connectivity index (χ0v) is 11.1. The monoisotopic (exact) mass is 299 g/mol. The minimum atomic E-state index is -0.392. The fourth-order valence-electron chi connectivity index (χ4n) is 1.53. The molecule has 0 fully saturated rings. The second kappa shape index (κ2) is 4.65. The first-order valence-corrected chi connectivity index (χ1v) is 6.46. The van der Waals surface area contributed by atoms with Crippen LogP contribution in [0.4, 0.5) is 4.39 Å². The molecule has 16 heavy (non-hydrogen) atoms. The lowest BCUT2D eigenvalue weighted by molar-refractivity contribution is 0.594. The average molecular weight is 300 g/mol. The summed E-state index contributed by atoms with van der Waals surface area (Å²) in [5, 5.41) is 0. The minimum absolute atomic E-state index is 0.277. The zero-order chi connectivity index (χ0) is 11.7. The van der Waals surface area contributed by atoms with Crippen LogP contribution in [0.2, 0.25) is 0 Å². The van der Waals surface area contributed by atoms with E-state index in [0.717, 1.165) is 4.88 Å². The van der Waals surface area contributed by atoms with Gasteiger partial charge in [0.05, 0.1) is 10.5 Å². The number of thiophene rings is 1. The van der Waals surface area contributed by atoms with E-state index in [4.69, 9.17) is 5.73 Å². The Morgan fingerprint density at radius 2 is 2.06 bits per heavy atom. The molecule has 0 aliphatic rings. The van der Waals surface area contributed by atoms with Crippen LogP contribution in [0.3, 0.4) is 0 Å². The molecule has 1 nitrogen and oxygen atoms in total. The Morgan fingerprint density at radius 3 is 2.69 bits per heavy atom. The smallest absolute Gasteiger partial charge is 0.142 e. The lowest BCUT2D eigenvalue weighted by atomic mass is 10.1. The SMILES string of the molecule is Cc1ccc(C(N)c2cccc(Br)c2F)s1. The van der Waals surface area contributed by atoms with E-state index in [0.29, 0.717) is 10.0 Å². The lowest BCUT2D eigenvalue weighted by Crippen LogP contribution is -2.12. The Morgan fingerprint density at radius 1 is 1.31 bits per heavy atom. The molecule has 2 rings (SSSR count). The molecule has 0 bridgehead atoms. The first-order valence-electron chi connectivity index (χ1n) is 4.85. The number of hydrogen-bond donors (Lipinski definition) is 1. The van der Waals surface area contributed by atoms with E-state index in [1.165, 1.54) is 4.88 Å². The van der Waals surface area contributed by atoms with Crippen molar-refractivity contribution in [2.45, 2.75) is 13.0 Å². The molecule has 1 aromatic heterocycles. The van der Waals surface area contributed by atoms with Gasteiger partial charge in [0, 0.05) is 15.3 Å². The van der Waals surface area contributed by atoms with Crippen LogP contribution in [0.25, 0.3) is 0 Å². The number of benzene rings is 1. The topological polar surface area (TPSA) is 26.0 Å². The van der Waals surface area contributed by atoms with E-state index < -0.39 is 6.04 Å². The molecule has 2 aromatic rings. The van der Waals surface area contributed by atoms with Gasteiger partial charge in [-0.1, -0.05) is 12.1 Å². The molecule has 0 aliphatic carbocycles. The van der Waals surface area contributed by atoms with E-state index in [1.54, 1.807) is 29.5 Å². The highest BCUT2D eigenvalue weighted by Crippen LogP contribution is 2.30. The van der Waals surface area contributed by atoms with Crippen LogP contribution < -0.4 is 5.73 Å². The summed E-state index contributed by atoms with van der Waals surface area (Å²) >= 11 is 4.76. The summed E-state index contributed by atoms with van der Waals surface area (Å²) in [6, 6.07) is 8.74. The highest BCUT2D eigenvalue weighted by molar-refractivity contribution is 9.10. The van der Waals surface area contributed by atoms with Crippen LogP contribution >= 0.6 is 27.3 Å². The molecule has 2 N–H and O–H groups in total. The van der Waals surface area contributed by atoms with E-state index in [2.05, 4.69) is 15.9 Å². The summed E-state index contributed by atoms with van der Waals surface area (Å²) in [5.41, 5.74) is 6.57. The third-order valence-corrected chi connectivity index (χ3v) is 4.08. The molecule has 1 heterocycles. The van der Waals surface area contributed by atoms with Crippen molar-refractivity contribution < 1.29 is 4.39 Å². The lowest BCUT2D eigenvalue weighted by Gasteiger charge is -2.11. The summed E-state index contributed by atoms with van der Waals surface area (Å²) < 4.78 is 14.3. The van der Waals surface area contributed by atoms with Crippen molar-refractivity contribution in [1.29, 1.82) is 0 Å². The summed E-state index contributed by atoms with van der Waals surface area (Å²) in [6.07, 6.45) is 0. The largest absolute Gasteiger partial charge is 0.320 e. The van der Waals surface area contributed by atoms with Crippen LogP contribution in [0.5, 0.6) is 0 Å². The molecule has 0 saturated carbocycles. The Bertz CT molecular complexity index is 509. The molecule has 1 unspecified atom stereocenters. The number of halogens is 2. The molecule has 0 radical (unpaired) electrons. The molecule has 0 amide bonds. The molecular weight excluding hydrogens is 289 g/mol. The zero-order valence-electron chi connectivity index (χ0n) is 8.71. The second-order valence-corrected chi connectivity index (χ2v) is 5.74. The van der Waals surface area contributed by atoms with Gasteiger partial charge in [-0.3, -0.25) is 0 Å². The van der Waals surface area contributed by atoms with Crippen LogP contribution in [0.1, 0.15) is 21.4 Å². The molecule has 84 valence electrons. The molecule has 1 atom stereocenters. The van der Waals surface area contributed by atoms with Crippen molar-refractivity contribution in [2.24, 2.45) is 5.73 Å². The predicted octanol–water partition coefficient (Wildman–Crippen LogP) is 4.01. The van der Waals surface area contributed by atoms with Gasteiger partial charge in [0.2, 0.25) is 0 Å². The number of hydrogen-bond acceptors (Lipinski definition) is 2. The number of aryl methyl sites for hydroxylation is 1. The van der Waals surface area contributed by atoms with Crippen LogP contribution in [-0.2, 0) is 0 Å². The summed E-state index contributed by atoms with van der Waals surface area (Å²) in [6.45, 7) is 2.01. The van der Waals surface area contributed by atoms with Gasteiger partial charge < -0.3 is 5.73 Å². The first kappa shape index (κ1) is 11.8. The minimum Gasteiger partial charge on any atom is -0.320 e. The molecule has 1 aromatic carbocycles. The van der Waals surface area contributed by atoms with Crippen LogP contribution in [0.15, 0.2) is 34.8 Å². The van der Waals surface area contributed by atoms with Crippen molar-refractivity contribution in [3.8, 4) is 0 Å². The summed E-state index contributed by atoms with van der Waals surface area (Å²) in [4.78, 5) is 2.16. The van der Waals surface area contributed by atoms with Crippen molar-refractivity contribution >= 4 is 27.3 Å². The maximum Gasteiger partial charge on any atom is 0.142 e. The van der Waals surface area contributed by atoms with E-state index >= 15 is 0 Å².